The summed E-state index contributed by atoms with van der Waals surface area (Å²) in [5.74, 6) is 0.644. The summed E-state index contributed by atoms with van der Waals surface area (Å²) in [6.07, 6.45) is 2.70. The molecule has 7 heteroatoms. The maximum atomic E-state index is 12.3. The molecule has 0 aliphatic carbocycles. The molecule has 0 aliphatic rings. The van der Waals surface area contributed by atoms with Crippen molar-refractivity contribution in [3.63, 3.8) is 0 Å². The van der Waals surface area contributed by atoms with Gasteiger partial charge in [0.05, 0.1) is 10.7 Å². The zero-order valence-electron chi connectivity index (χ0n) is 14.2. The van der Waals surface area contributed by atoms with Crippen LogP contribution in [-0.4, -0.2) is 40.3 Å². The molecule has 0 atom stereocenters. The zero-order chi connectivity index (χ0) is 17.4. The molecule has 2 N–H and O–H groups in total. The summed E-state index contributed by atoms with van der Waals surface area (Å²) in [6.45, 7) is 6.38. The number of hydrogen-bond acceptors (Lipinski definition) is 4. The van der Waals surface area contributed by atoms with Crippen molar-refractivity contribution >= 4 is 17.5 Å². The van der Waals surface area contributed by atoms with Gasteiger partial charge >= 0.3 is 0 Å². The summed E-state index contributed by atoms with van der Waals surface area (Å²) in [6, 6.07) is 7.41. The Hall–Kier alpha value is -1.92. The van der Waals surface area contributed by atoms with Crippen LogP contribution in [0.3, 0.4) is 0 Å². The van der Waals surface area contributed by atoms with Gasteiger partial charge in [-0.25, -0.2) is 9.67 Å². The number of aromatic nitrogens is 3. The first kappa shape index (κ1) is 18.4. The van der Waals surface area contributed by atoms with Crippen molar-refractivity contribution in [2.75, 3.05) is 19.6 Å². The van der Waals surface area contributed by atoms with Gasteiger partial charge in [0.25, 0.3) is 5.91 Å². The zero-order valence-corrected chi connectivity index (χ0v) is 14.9. The van der Waals surface area contributed by atoms with Crippen LogP contribution in [0.15, 0.2) is 24.3 Å². The molecule has 2 rings (SSSR count). The minimum absolute atomic E-state index is 0.175. The van der Waals surface area contributed by atoms with E-state index < -0.39 is 0 Å². The van der Waals surface area contributed by atoms with E-state index in [1.54, 1.807) is 10.7 Å². The highest BCUT2D eigenvalue weighted by Crippen LogP contribution is 2.21. The summed E-state index contributed by atoms with van der Waals surface area (Å²) in [4.78, 5) is 16.6. The Morgan fingerprint density at radius 1 is 1.17 bits per heavy atom. The maximum absolute atomic E-state index is 12.3. The fourth-order valence-corrected chi connectivity index (χ4v) is 2.50. The van der Waals surface area contributed by atoms with Gasteiger partial charge in [-0.05, 0) is 31.5 Å². The lowest BCUT2D eigenvalue weighted by molar-refractivity contribution is 0.0943. The predicted molar refractivity (Wildman–Crippen MR) is 95.9 cm³/mol. The van der Waals surface area contributed by atoms with Crippen LogP contribution in [0.2, 0.25) is 5.02 Å². The lowest BCUT2D eigenvalue weighted by Gasteiger charge is -2.06. The van der Waals surface area contributed by atoms with Gasteiger partial charge in [-0.1, -0.05) is 37.6 Å². The molecule has 6 nitrogen and oxygen atoms in total. The molecule has 1 heterocycles. The van der Waals surface area contributed by atoms with Crippen molar-refractivity contribution < 1.29 is 4.79 Å². The molecule has 24 heavy (non-hydrogen) atoms. The van der Waals surface area contributed by atoms with Crippen LogP contribution >= 0.6 is 11.6 Å². The van der Waals surface area contributed by atoms with Gasteiger partial charge in [0.1, 0.15) is 5.82 Å². The van der Waals surface area contributed by atoms with Gasteiger partial charge in [-0.3, -0.25) is 4.79 Å². The third kappa shape index (κ3) is 4.79. The minimum Gasteiger partial charge on any atom is -0.348 e. The normalized spacial score (nSPS) is 10.8. The number of benzene rings is 1. The second kappa shape index (κ2) is 9.39. The summed E-state index contributed by atoms with van der Waals surface area (Å²) in [7, 11) is 0. The largest absolute Gasteiger partial charge is 0.348 e. The van der Waals surface area contributed by atoms with Crippen LogP contribution in [-0.2, 0) is 6.42 Å². The molecule has 1 aromatic carbocycles. The van der Waals surface area contributed by atoms with Crippen LogP contribution in [0.1, 0.15) is 43.1 Å². The van der Waals surface area contributed by atoms with Gasteiger partial charge in [0.15, 0.2) is 0 Å². The second-order valence-corrected chi connectivity index (χ2v) is 5.88. The topological polar surface area (TPSA) is 71.8 Å². The lowest BCUT2D eigenvalue weighted by Crippen LogP contribution is -2.32. The van der Waals surface area contributed by atoms with E-state index in [4.69, 9.17) is 11.6 Å². The highest BCUT2D eigenvalue weighted by molar-refractivity contribution is 6.32. The predicted octanol–water partition coefficient (Wildman–Crippen LogP) is 2.60. The van der Waals surface area contributed by atoms with Crippen molar-refractivity contribution in [1.82, 2.24) is 25.4 Å². The number of nitrogens with one attached hydrogen (secondary N) is 2. The maximum Gasteiger partial charge on any atom is 0.291 e. The Morgan fingerprint density at radius 3 is 2.67 bits per heavy atom. The van der Waals surface area contributed by atoms with Crippen molar-refractivity contribution in [2.24, 2.45) is 0 Å². The van der Waals surface area contributed by atoms with Gasteiger partial charge in [-0.15, -0.1) is 5.10 Å². The number of para-hydroxylation sites is 1. The molecular formula is C17H24ClN5O. The molecule has 0 saturated heterocycles. The third-order valence-electron chi connectivity index (χ3n) is 3.45. The highest BCUT2D eigenvalue weighted by atomic mass is 35.5. The molecular weight excluding hydrogens is 326 g/mol. The van der Waals surface area contributed by atoms with E-state index in [0.717, 1.165) is 43.9 Å². The van der Waals surface area contributed by atoms with Crippen molar-refractivity contribution in [3.8, 4) is 5.69 Å². The van der Waals surface area contributed by atoms with Crippen molar-refractivity contribution in [1.29, 1.82) is 0 Å². The molecule has 130 valence electrons. The fourth-order valence-electron chi connectivity index (χ4n) is 2.29. The molecule has 0 fully saturated rings. The molecule has 0 bridgehead atoms. The van der Waals surface area contributed by atoms with Crippen LogP contribution < -0.4 is 10.6 Å². The van der Waals surface area contributed by atoms with Crippen molar-refractivity contribution in [3.05, 3.63) is 40.9 Å². The van der Waals surface area contributed by atoms with E-state index >= 15 is 0 Å². The number of carbonyl (C=O) groups excluding carboxylic acids is 1. The number of rotatable bonds is 9. The Labute approximate surface area is 147 Å². The van der Waals surface area contributed by atoms with E-state index in [1.165, 1.54) is 0 Å². The molecule has 0 aliphatic heterocycles. The monoisotopic (exact) mass is 349 g/mol. The smallest absolute Gasteiger partial charge is 0.291 e. The molecule has 2 aromatic rings. The number of aryl methyl sites for hydroxylation is 1. The molecule has 1 amide bonds. The molecule has 1 aromatic heterocycles. The van der Waals surface area contributed by atoms with E-state index in [1.807, 2.05) is 18.2 Å². The average Bonchev–Trinajstić information content (AvgIpc) is 2.99. The highest BCUT2D eigenvalue weighted by Gasteiger charge is 2.17. The van der Waals surface area contributed by atoms with Crippen LogP contribution in [0.4, 0.5) is 0 Å². The standard InChI is InChI=1S/C17H24ClN5O/c1-3-7-15-21-16(17(24)20-12-11-19-10-4-2)22-23(15)14-9-6-5-8-13(14)18/h5-6,8-9,19H,3-4,7,10-12H2,1-2H3,(H,20,24). The van der Waals surface area contributed by atoms with Crippen LogP contribution in [0.5, 0.6) is 0 Å². The number of hydrogen-bond donors (Lipinski definition) is 2. The number of carbonyl (C=O) groups is 1. The first-order valence-electron chi connectivity index (χ1n) is 8.37. The van der Waals surface area contributed by atoms with E-state index in [9.17, 15) is 4.79 Å². The fraction of sp³-hybridized carbons (Fsp3) is 0.471. The number of nitrogens with zero attached hydrogens (tertiary/aromatic N) is 3. The second-order valence-electron chi connectivity index (χ2n) is 5.47. The summed E-state index contributed by atoms with van der Waals surface area (Å²) >= 11 is 6.25. The number of amides is 1. The Bertz CT molecular complexity index is 671. The van der Waals surface area contributed by atoms with Gasteiger partial charge in [0, 0.05) is 19.5 Å². The number of halogens is 1. The molecule has 0 saturated carbocycles. The van der Waals surface area contributed by atoms with Crippen LogP contribution in [0.25, 0.3) is 5.69 Å². The quantitative estimate of drug-likeness (QED) is 0.682. The first-order chi connectivity index (χ1) is 11.7. The van der Waals surface area contributed by atoms with Gasteiger partial charge in [-0.2, -0.15) is 0 Å². The molecule has 0 spiro atoms. The SMILES string of the molecule is CCCNCCNC(=O)c1nc(CCC)n(-c2ccccc2Cl)n1. The summed E-state index contributed by atoms with van der Waals surface area (Å²) < 4.78 is 1.66. The molecule has 0 radical (unpaired) electrons. The molecule has 0 unspecified atom stereocenters. The first-order valence-corrected chi connectivity index (χ1v) is 8.74. The average molecular weight is 350 g/mol. The van der Waals surface area contributed by atoms with Crippen LogP contribution in [0, 0.1) is 0 Å². The Kier molecular flexibility index (Phi) is 7.21. The van der Waals surface area contributed by atoms with Crippen molar-refractivity contribution in [2.45, 2.75) is 33.1 Å². The Balaban J connectivity index is 2.13. The van der Waals surface area contributed by atoms with E-state index in [2.05, 4.69) is 34.6 Å². The summed E-state index contributed by atoms with van der Waals surface area (Å²) in [5.41, 5.74) is 0.735. The Morgan fingerprint density at radius 2 is 1.96 bits per heavy atom. The summed E-state index contributed by atoms with van der Waals surface area (Å²) in [5, 5.41) is 11.0. The minimum atomic E-state index is -0.267. The lowest BCUT2D eigenvalue weighted by atomic mass is 10.3. The van der Waals surface area contributed by atoms with Gasteiger partial charge in [0.2, 0.25) is 5.82 Å². The van der Waals surface area contributed by atoms with E-state index in [-0.39, 0.29) is 11.7 Å². The third-order valence-corrected chi connectivity index (χ3v) is 3.77. The van der Waals surface area contributed by atoms with Gasteiger partial charge < -0.3 is 10.6 Å². The van der Waals surface area contributed by atoms with E-state index in [0.29, 0.717) is 11.6 Å².